The molecule has 0 aliphatic rings. The Balaban J connectivity index is 1.66. The van der Waals surface area contributed by atoms with Crippen LogP contribution in [0.25, 0.3) is 11.2 Å². The van der Waals surface area contributed by atoms with Crippen molar-refractivity contribution in [2.75, 3.05) is 11.9 Å². The summed E-state index contributed by atoms with van der Waals surface area (Å²) in [6.45, 7) is -1.08. The molecule has 0 aliphatic carbocycles. The molecule has 0 unspecified atom stereocenters. The highest BCUT2D eigenvalue weighted by molar-refractivity contribution is 6.34. The smallest absolute Gasteiger partial charge is 0.332 e. The van der Waals surface area contributed by atoms with Crippen molar-refractivity contribution in [2.24, 2.45) is 14.1 Å². The van der Waals surface area contributed by atoms with Gasteiger partial charge in [0, 0.05) is 26.2 Å². The van der Waals surface area contributed by atoms with Gasteiger partial charge in [-0.1, -0.05) is 11.6 Å². The number of rotatable bonds is 6. The molecule has 162 valence electrons. The molecule has 3 rings (SSSR count). The van der Waals surface area contributed by atoms with Gasteiger partial charge >= 0.3 is 11.7 Å². The Labute approximate surface area is 177 Å². The average Bonchev–Trinajstić information content (AvgIpc) is 3.14. The third kappa shape index (κ3) is 4.30. The number of nitrogens with zero attached hydrogens (tertiary/aromatic N) is 5. The molecule has 0 aliphatic heterocycles. The van der Waals surface area contributed by atoms with Gasteiger partial charge in [0.2, 0.25) is 0 Å². The molecule has 0 atom stereocenters. The molecule has 14 heteroatoms. The molecule has 0 spiro atoms. The number of hydrogen-bond acceptors (Lipinski definition) is 8. The first kappa shape index (κ1) is 21.7. The van der Waals surface area contributed by atoms with Gasteiger partial charge in [0.25, 0.3) is 17.2 Å². The lowest BCUT2D eigenvalue weighted by Crippen LogP contribution is -2.37. The van der Waals surface area contributed by atoms with Crippen LogP contribution >= 0.6 is 11.6 Å². The first-order chi connectivity index (χ1) is 14.6. The monoisotopic (exact) mass is 450 g/mol. The number of halogens is 1. The molecule has 31 heavy (non-hydrogen) atoms. The number of anilines is 1. The van der Waals surface area contributed by atoms with Gasteiger partial charge in [-0.2, -0.15) is 0 Å². The summed E-state index contributed by atoms with van der Waals surface area (Å²) in [6.07, 6.45) is 1.21. The van der Waals surface area contributed by atoms with Gasteiger partial charge in [-0.25, -0.2) is 9.78 Å². The molecule has 0 bridgehead atoms. The molecule has 2 heterocycles. The van der Waals surface area contributed by atoms with Gasteiger partial charge in [0.05, 0.1) is 22.0 Å². The van der Waals surface area contributed by atoms with E-state index in [2.05, 4.69) is 10.3 Å². The molecule has 0 radical (unpaired) electrons. The zero-order valence-electron chi connectivity index (χ0n) is 16.2. The van der Waals surface area contributed by atoms with Gasteiger partial charge < -0.3 is 14.6 Å². The highest BCUT2D eigenvalue weighted by atomic mass is 35.5. The zero-order chi connectivity index (χ0) is 22.9. The van der Waals surface area contributed by atoms with E-state index in [4.69, 9.17) is 16.3 Å². The average molecular weight is 451 g/mol. The number of benzene rings is 1. The van der Waals surface area contributed by atoms with Gasteiger partial charge in [-0.3, -0.25) is 33.6 Å². The number of esters is 1. The molecular formula is C17H15ClN6O7. The minimum Gasteiger partial charge on any atom is -0.454 e. The Morgan fingerprint density at radius 2 is 1.97 bits per heavy atom. The first-order valence-electron chi connectivity index (χ1n) is 8.60. The highest BCUT2D eigenvalue weighted by Crippen LogP contribution is 2.26. The molecule has 1 aromatic carbocycles. The van der Waals surface area contributed by atoms with Crippen molar-refractivity contribution in [3.8, 4) is 0 Å². The van der Waals surface area contributed by atoms with Crippen LogP contribution in [0.3, 0.4) is 0 Å². The second-order valence-corrected chi connectivity index (χ2v) is 6.79. The summed E-state index contributed by atoms with van der Waals surface area (Å²) in [7, 11) is 2.74. The van der Waals surface area contributed by atoms with E-state index in [1.165, 1.54) is 35.6 Å². The summed E-state index contributed by atoms with van der Waals surface area (Å²) >= 11 is 5.89. The predicted molar refractivity (Wildman–Crippen MR) is 108 cm³/mol. The van der Waals surface area contributed by atoms with E-state index in [-0.39, 0.29) is 27.6 Å². The summed E-state index contributed by atoms with van der Waals surface area (Å²) in [5, 5.41) is 13.0. The number of imidazole rings is 1. The van der Waals surface area contributed by atoms with E-state index in [9.17, 15) is 29.3 Å². The fourth-order valence-electron chi connectivity index (χ4n) is 2.75. The van der Waals surface area contributed by atoms with Crippen molar-refractivity contribution in [3.63, 3.8) is 0 Å². The fourth-order valence-corrected chi connectivity index (χ4v) is 2.97. The number of aromatic nitrogens is 4. The number of nitro groups is 1. The number of carbonyl (C=O) groups excluding carboxylic acids is 2. The Morgan fingerprint density at radius 1 is 1.26 bits per heavy atom. The van der Waals surface area contributed by atoms with Crippen molar-refractivity contribution < 1.29 is 19.2 Å². The summed E-state index contributed by atoms with van der Waals surface area (Å²) < 4.78 is 8.16. The SMILES string of the molecule is Cn1c(=O)c2c(ncn2CC(=O)OCC(=O)Nc2ccc([N+](=O)[O-])cc2Cl)n(C)c1=O. The van der Waals surface area contributed by atoms with E-state index in [1.807, 2.05) is 0 Å². The van der Waals surface area contributed by atoms with E-state index in [1.54, 1.807) is 0 Å². The van der Waals surface area contributed by atoms with Crippen LogP contribution in [0.5, 0.6) is 0 Å². The number of amides is 1. The topological polar surface area (TPSA) is 160 Å². The van der Waals surface area contributed by atoms with Crippen molar-refractivity contribution in [1.82, 2.24) is 18.7 Å². The number of nitro benzene ring substituents is 1. The second-order valence-electron chi connectivity index (χ2n) is 6.38. The van der Waals surface area contributed by atoms with Crippen molar-refractivity contribution in [3.05, 3.63) is 60.5 Å². The standard InChI is InChI=1S/C17H15ClN6O7/c1-21-15-14(16(27)22(2)17(21)28)23(8-19-15)6-13(26)31-7-12(25)20-11-4-3-9(24(29)30)5-10(11)18/h3-5,8H,6-7H2,1-2H3,(H,20,25). The maximum Gasteiger partial charge on any atom is 0.332 e. The molecule has 0 saturated heterocycles. The number of carbonyl (C=O) groups is 2. The van der Waals surface area contributed by atoms with Gasteiger partial charge in [-0.15, -0.1) is 0 Å². The minimum atomic E-state index is -0.833. The van der Waals surface area contributed by atoms with Crippen LogP contribution < -0.4 is 16.6 Å². The Kier molecular flexibility index (Phi) is 5.88. The van der Waals surface area contributed by atoms with Crippen LogP contribution in [-0.4, -0.2) is 42.1 Å². The van der Waals surface area contributed by atoms with Gasteiger partial charge in [-0.05, 0) is 6.07 Å². The van der Waals surface area contributed by atoms with Gasteiger partial charge in [0.1, 0.15) is 6.54 Å². The number of nitrogens with one attached hydrogen (secondary N) is 1. The largest absolute Gasteiger partial charge is 0.454 e. The summed E-state index contributed by atoms with van der Waals surface area (Å²) in [5.41, 5.74) is -1.19. The van der Waals surface area contributed by atoms with Crippen LogP contribution in [0.15, 0.2) is 34.1 Å². The molecule has 0 saturated carbocycles. The number of non-ortho nitro benzene ring substituents is 1. The zero-order valence-corrected chi connectivity index (χ0v) is 17.0. The van der Waals surface area contributed by atoms with E-state index in [0.29, 0.717) is 0 Å². The molecule has 2 aromatic heterocycles. The van der Waals surface area contributed by atoms with Crippen molar-refractivity contribution in [2.45, 2.75) is 6.54 Å². The Hall–Kier alpha value is -4.00. The van der Waals surface area contributed by atoms with Crippen LogP contribution in [0.2, 0.25) is 5.02 Å². The lowest BCUT2D eigenvalue weighted by atomic mass is 10.3. The van der Waals surface area contributed by atoms with Crippen molar-refractivity contribution in [1.29, 1.82) is 0 Å². The summed E-state index contributed by atoms with van der Waals surface area (Å²) in [6, 6.07) is 3.48. The molecule has 0 fully saturated rings. The first-order valence-corrected chi connectivity index (χ1v) is 8.98. The molecule has 3 aromatic rings. The van der Waals surface area contributed by atoms with Crippen LogP contribution in [0.1, 0.15) is 0 Å². The molecule has 1 amide bonds. The maximum absolute atomic E-state index is 12.3. The number of fused-ring (bicyclic) bond motifs is 1. The van der Waals surface area contributed by atoms with E-state index >= 15 is 0 Å². The number of ether oxygens (including phenoxy) is 1. The van der Waals surface area contributed by atoms with Gasteiger partial charge in [0.15, 0.2) is 17.8 Å². The normalized spacial score (nSPS) is 10.8. The molecular weight excluding hydrogens is 436 g/mol. The Morgan fingerprint density at radius 3 is 2.61 bits per heavy atom. The molecule has 13 nitrogen and oxygen atoms in total. The van der Waals surface area contributed by atoms with Crippen LogP contribution in [0.4, 0.5) is 11.4 Å². The van der Waals surface area contributed by atoms with E-state index in [0.717, 1.165) is 16.7 Å². The third-order valence-electron chi connectivity index (χ3n) is 4.32. The maximum atomic E-state index is 12.3. The fraction of sp³-hybridized carbons (Fsp3) is 0.235. The predicted octanol–water partition coefficient (Wildman–Crippen LogP) is 0.177. The van der Waals surface area contributed by atoms with Crippen molar-refractivity contribution >= 4 is 46.0 Å². The third-order valence-corrected chi connectivity index (χ3v) is 4.63. The lowest BCUT2D eigenvalue weighted by Gasteiger charge is -2.09. The second kappa shape index (κ2) is 8.39. The summed E-state index contributed by atoms with van der Waals surface area (Å²) in [4.78, 5) is 62.4. The van der Waals surface area contributed by atoms with Crippen LogP contribution in [-0.2, 0) is 35.0 Å². The van der Waals surface area contributed by atoms with E-state index < -0.39 is 41.2 Å². The lowest BCUT2D eigenvalue weighted by molar-refractivity contribution is -0.384. The minimum absolute atomic E-state index is 0.0312. The Bertz CT molecular complexity index is 1340. The van der Waals surface area contributed by atoms with Crippen LogP contribution in [0, 0.1) is 10.1 Å². The quantitative estimate of drug-likeness (QED) is 0.316. The molecule has 1 N–H and O–H groups in total. The number of hydrogen-bond donors (Lipinski definition) is 1. The number of aryl methyl sites for hydroxylation is 1. The summed E-state index contributed by atoms with van der Waals surface area (Å²) in [5.74, 6) is -1.56. The highest BCUT2D eigenvalue weighted by Gasteiger charge is 2.17.